The van der Waals surface area contributed by atoms with E-state index in [1.54, 1.807) is 0 Å². The van der Waals surface area contributed by atoms with Gasteiger partial charge in [0.15, 0.2) is 5.82 Å². The van der Waals surface area contributed by atoms with Gasteiger partial charge in [-0.3, -0.25) is 4.90 Å². The Labute approximate surface area is 115 Å². The van der Waals surface area contributed by atoms with Crippen molar-refractivity contribution in [3.05, 3.63) is 11.7 Å². The van der Waals surface area contributed by atoms with Gasteiger partial charge < -0.3 is 10.3 Å². The average Bonchev–Trinajstić information content (AvgIpc) is 2.86. The molecule has 2 heterocycles. The molecule has 1 fully saturated rings. The number of aryl methyl sites for hydroxylation is 1. The molecule has 108 valence electrons. The molecule has 1 aromatic heterocycles. The fourth-order valence-corrected chi connectivity index (χ4v) is 2.64. The molecule has 2 atom stereocenters. The van der Waals surface area contributed by atoms with E-state index >= 15 is 0 Å². The Morgan fingerprint density at radius 1 is 1.42 bits per heavy atom. The summed E-state index contributed by atoms with van der Waals surface area (Å²) < 4.78 is 5.35. The number of piperidine rings is 1. The minimum Gasteiger partial charge on any atom is -0.338 e. The van der Waals surface area contributed by atoms with Crippen LogP contribution in [0.3, 0.4) is 0 Å². The number of rotatable bonds is 6. The van der Waals surface area contributed by atoms with Crippen molar-refractivity contribution >= 4 is 0 Å². The fraction of sp³-hybridized carbons (Fsp3) is 0.857. The van der Waals surface area contributed by atoms with Crippen LogP contribution in [0.4, 0.5) is 0 Å². The highest BCUT2D eigenvalue weighted by atomic mass is 16.5. The maximum atomic E-state index is 5.79. The molecule has 2 unspecified atom stereocenters. The molecule has 0 aromatic carbocycles. The summed E-state index contributed by atoms with van der Waals surface area (Å²) in [6, 6.07) is 0.578. The third-order valence-electron chi connectivity index (χ3n) is 4.04. The number of hydrogen-bond donors (Lipinski definition) is 1. The van der Waals surface area contributed by atoms with Crippen molar-refractivity contribution in [2.24, 2.45) is 11.7 Å². The zero-order chi connectivity index (χ0) is 13.7. The van der Waals surface area contributed by atoms with Crippen LogP contribution in [0.25, 0.3) is 0 Å². The van der Waals surface area contributed by atoms with Gasteiger partial charge in [-0.1, -0.05) is 18.5 Å². The molecule has 5 heteroatoms. The first kappa shape index (κ1) is 14.5. The average molecular weight is 266 g/mol. The van der Waals surface area contributed by atoms with Crippen LogP contribution >= 0.6 is 0 Å². The third-order valence-corrected chi connectivity index (χ3v) is 4.04. The maximum Gasteiger partial charge on any atom is 0.240 e. The molecular formula is C14H26N4O. The maximum absolute atomic E-state index is 5.79. The van der Waals surface area contributed by atoms with E-state index in [-0.39, 0.29) is 0 Å². The molecule has 0 bridgehead atoms. The first-order valence-corrected chi connectivity index (χ1v) is 7.48. The van der Waals surface area contributed by atoms with E-state index in [2.05, 4.69) is 28.9 Å². The van der Waals surface area contributed by atoms with E-state index < -0.39 is 0 Å². The van der Waals surface area contributed by atoms with Gasteiger partial charge in [0.2, 0.25) is 5.89 Å². The lowest BCUT2D eigenvalue weighted by molar-refractivity contribution is 0.100. The number of unbranched alkanes of at least 4 members (excludes halogenated alkanes) is 1. The summed E-state index contributed by atoms with van der Waals surface area (Å²) in [5.74, 6) is 2.20. The Bertz CT molecular complexity index is 379. The highest BCUT2D eigenvalue weighted by Gasteiger charge is 2.26. The van der Waals surface area contributed by atoms with E-state index in [0.29, 0.717) is 12.0 Å². The summed E-state index contributed by atoms with van der Waals surface area (Å²) in [4.78, 5) is 6.89. The summed E-state index contributed by atoms with van der Waals surface area (Å²) in [5.41, 5.74) is 5.79. The van der Waals surface area contributed by atoms with E-state index in [1.807, 2.05) is 0 Å². The molecule has 0 spiro atoms. The minimum absolute atomic E-state index is 0.578. The van der Waals surface area contributed by atoms with Crippen molar-refractivity contribution in [1.29, 1.82) is 0 Å². The number of likely N-dealkylation sites (tertiary alicyclic amines) is 1. The largest absolute Gasteiger partial charge is 0.338 e. The number of nitrogens with two attached hydrogens (primary N) is 1. The highest BCUT2D eigenvalue weighted by Crippen LogP contribution is 2.22. The Morgan fingerprint density at radius 2 is 2.26 bits per heavy atom. The molecule has 1 aliphatic rings. The second-order valence-corrected chi connectivity index (χ2v) is 5.67. The highest BCUT2D eigenvalue weighted by molar-refractivity contribution is 4.89. The van der Waals surface area contributed by atoms with Crippen LogP contribution in [-0.4, -0.2) is 34.2 Å². The topological polar surface area (TPSA) is 68.2 Å². The lowest BCUT2D eigenvalue weighted by Gasteiger charge is -2.36. The smallest absolute Gasteiger partial charge is 0.240 e. The van der Waals surface area contributed by atoms with Crippen molar-refractivity contribution in [2.45, 2.75) is 58.5 Å². The Hall–Kier alpha value is -0.940. The first-order valence-electron chi connectivity index (χ1n) is 7.48. The Morgan fingerprint density at radius 3 is 3.00 bits per heavy atom. The first-order chi connectivity index (χ1) is 9.22. The van der Waals surface area contributed by atoms with E-state index in [1.165, 1.54) is 12.8 Å². The third kappa shape index (κ3) is 4.01. The second kappa shape index (κ2) is 7.01. The monoisotopic (exact) mass is 266 g/mol. The summed E-state index contributed by atoms with van der Waals surface area (Å²) >= 11 is 0. The summed E-state index contributed by atoms with van der Waals surface area (Å²) in [6.45, 7) is 7.01. The van der Waals surface area contributed by atoms with Crippen LogP contribution in [0.2, 0.25) is 0 Å². The van der Waals surface area contributed by atoms with Gasteiger partial charge in [0.1, 0.15) is 0 Å². The summed E-state index contributed by atoms with van der Waals surface area (Å²) in [6.07, 6.45) is 5.64. The lowest BCUT2D eigenvalue weighted by Crippen LogP contribution is -2.43. The summed E-state index contributed by atoms with van der Waals surface area (Å²) in [5, 5.41) is 4.05. The Balaban J connectivity index is 1.90. The van der Waals surface area contributed by atoms with Crippen molar-refractivity contribution in [1.82, 2.24) is 15.0 Å². The number of nitrogens with zero attached hydrogens (tertiary/aromatic N) is 3. The SMILES string of the molecule is CCCCc1noc(CN2CC(CN)CCC2C)n1. The van der Waals surface area contributed by atoms with E-state index in [0.717, 1.165) is 50.6 Å². The van der Waals surface area contributed by atoms with Crippen LogP contribution in [-0.2, 0) is 13.0 Å². The second-order valence-electron chi connectivity index (χ2n) is 5.67. The van der Waals surface area contributed by atoms with E-state index in [9.17, 15) is 0 Å². The predicted molar refractivity (Wildman–Crippen MR) is 74.6 cm³/mol. The van der Waals surface area contributed by atoms with Crippen LogP contribution in [0, 0.1) is 5.92 Å². The molecule has 0 saturated carbocycles. The van der Waals surface area contributed by atoms with Gasteiger partial charge in [-0.15, -0.1) is 0 Å². The van der Waals surface area contributed by atoms with Crippen molar-refractivity contribution in [2.75, 3.05) is 13.1 Å². The molecule has 0 aliphatic carbocycles. The molecule has 0 amide bonds. The minimum atomic E-state index is 0.578. The zero-order valence-corrected chi connectivity index (χ0v) is 12.1. The molecule has 1 aliphatic heterocycles. The van der Waals surface area contributed by atoms with Crippen molar-refractivity contribution < 1.29 is 4.52 Å². The normalized spacial score (nSPS) is 24.8. The fourth-order valence-electron chi connectivity index (χ4n) is 2.64. The van der Waals surface area contributed by atoms with Crippen LogP contribution < -0.4 is 5.73 Å². The van der Waals surface area contributed by atoms with Gasteiger partial charge >= 0.3 is 0 Å². The standard InChI is InChI=1S/C14H26N4O/c1-3-4-5-13-16-14(19-17-13)10-18-9-12(8-15)7-6-11(18)2/h11-12H,3-10,15H2,1-2H3. The molecule has 19 heavy (non-hydrogen) atoms. The van der Waals surface area contributed by atoms with Gasteiger partial charge in [0.05, 0.1) is 6.54 Å². The Kier molecular flexibility index (Phi) is 5.34. The van der Waals surface area contributed by atoms with Gasteiger partial charge in [0, 0.05) is 19.0 Å². The predicted octanol–water partition coefficient (Wildman–Crippen LogP) is 1.97. The van der Waals surface area contributed by atoms with Gasteiger partial charge in [-0.2, -0.15) is 4.98 Å². The van der Waals surface area contributed by atoms with Gasteiger partial charge in [0.25, 0.3) is 0 Å². The molecule has 1 aromatic rings. The number of aromatic nitrogens is 2. The molecular weight excluding hydrogens is 240 g/mol. The molecule has 2 rings (SSSR count). The van der Waals surface area contributed by atoms with Crippen molar-refractivity contribution in [3.8, 4) is 0 Å². The van der Waals surface area contributed by atoms with Crippen LogP contribution in [0.15, 0.2) is 4.52 Å². The molecule has 2 N–H and O–H groups in total. The van der Waals surface area contributed by atoms with E-state index in [4.69, 9.17) is 10.3 Å². The quantitative estimate of drug-likeness (QED) is 0.852. The molecule has 1 saturated heterocycles. The molecule has 5 nitrogen and oxygen atoms in total. The van der Waals surface area contributed by atoms with Crippen LogP contribution in [0.1, 0.15) is 51.2 Å². The van der Waals surface area contributed by atoms with Crippen LogP contribution in [0.5, 0.6) is 0 Å². The zero-order valence-electron chi connectivity index (χ0n) is 12.1. The van der Waals surface area contributed by atoms with Crippen molar-refractivity contribution in [3.63, 3.8) is 0 Å². The summed E-state index contributed by atoms with van der Waals surface area (Å²) in [7, 11) is 0. The van der Waals surface area contributed by atoms with Gasteiger partial charge in [-0.05, 0) is 38.6 Å². The number of hydrogen-bond acceptors (Lipinski definition) is 5. The molecule has 0 radical (unpaired) electrons. The van der Waals surface area contributed by atoms with Gasteiger partial charge in [-0.25, -0.2) is 0 Å². The lowest BCUT2D eigenvalue weighted by atomic mass is 9.93.